The Balaban J connectivity index is 2.27. The molecule has 33 heavy (non-hydrogen) atoms. The van der Waals surface area contributed by atoms with Crippen LogP contribution in [0.2, 0.25) is 0 Å². The highest BCUT2D eigenvalue weighted by atomic mass is 16.5. The molecule has 1 N–H and O–H groups in total. The third-order valence-electron chi connectivity index (χ3n) is 5.63. The molecule has 0 bridgehead atoms. The summed E-state index contributed by atoms with van der Waals surface area (Å²) in [5.41, 5.74) is 2.85. The zero-order valence-corrected chi connectivity index (χ0v) is 20.9. The number of anilines is 1. The molecule has 7 nitrogen and oxygen atoms in total. The number of benzene rings is 1. The largest absolute Gasteiger partial charge is 0.463 e. The average Bonchev–Trinajstić information content (AvgIpc) is 3.21. The lowest BCUT2D eigenvalue weighted by Gasteiger charge is -2.27. The van der Waals surface area contributed by atoms with Crippen LogP contribution in [-0.2, 0) is 16.1 Å². The van der Waals surface area contributed by atoms with E-state index < -0.39 is 6.10 Å². The summed E-state index contributed by atoms with van der Waals surface area (Å²) in [7, 11) is 0. The molecule has 0 saturated carbocycles. The molecule has 0 saturated heterocycles. The van der Waals surface area contributed by atoms with Gasteiger partial charge in [0.25, 0.3) is 0 Å². The first-order chi connectivity index (χ1) is 15.9. The summed E-state index contributed by atoms with van der Waals surface area (Å²) in [5.74, 6) is 1.04. The SMILES string of the molecule is CCCC(=O)OC[C@H](O)CN(CCC(C)C)Cc1c(-c2ccccc2)noc1N(CC)CC. The predicted octanol–water partition coefficient (Wildman–Crippen LogP) is 4.74. The molecule has 2 rings (SSSR count). The summed E-state index contributed by atoms with van der Waals surface area (Å²) in [5, 5.41) is 15.1. The van der Waals surface area contributed by atoms with Gasteiger partial charge >= 0.3 is 5.97 Å². The molecule has 0 aliphatic rings. The Morgan fingerprint density at radius 1 is 1.15 bits per heavy atom. The second kappa shape index (κ2) is 14.0. The second-order valence-electron chi connectivity index (χ2n) is 8.86. The van der Waals surface area contributed by atoms with Crippen LogP contribution in [-0.4, -0.2) is 60.0 Å². The van der Waals surface area contributed by atoms with Gasteiger partial charge in [0.1, 0.15) is 18.4 Å². The number of carbonyl (C=O) groups is 1. The molecule has 0 amide bonds. The van der Waals surface area contributed by atoms with Crippen molar-refractivity contribution in [2.45, 2.75) is 66.5 Å². The first-order valence-electron chi connectivity index (χ1n) is 12.2. The maximum Gasteiger partial charge on any atom is 0.305 e. The Labute approximate surface area is 198 Å². The standard InChI is InChI=1S/C26H41N3O4/c1-6-12-24(31)32-19-22(30)17-28(16-15-20(4)5)18-23-25(21-13-10-9-11-14-21)27-33-26(23)29(7-2)8-3/h9-11,13-14,20,22,30H,6-8,12,15-19H2,1-5H3/t22-/m1/s1. The van der Waals surface area contributed by atoms with Gasteiger partial charge in [-0.25, -0.2) is 0 Å². The van der Waals surface area contributed by atoms with Crippen molar-refractivity contribution in [3.63, 3.8) is 0 Å². The Morgan fingerprint density at radius 3 is 2.45 bits per heavy atom. The van der Waals surface area contributed by atoms with E-state index in [2.05, 4.69) is 42.7 Å². The normalized spacial score (nSPS) is 12.4. The van der Waals surface area contributed by atoms with E-state index in [-0.39, 0.29) is 12.6 Å². The highest BCUT2D eigenvalue weighted by molar-refractivity contribution is 5.69. The fourth-order valence-corrected chi connectivity index (χ4v) is 3.74. The average molecular weight is 460 g/mol. The van der Waals surface area contributed by atoms with Crippen LogP contribution in [0.25, 0.3) is 11.3 Å². The van der Waals surface area contributed by atoms with Gasteiger partial charge in [0.2, 0.25) is 5.88 Å². The number of aliphatic hydroxyl groups excluding tert-OH is 1. The molecule has 1 aromatic carbocycles. The van der Waals surface area contributed by atoms with Crippen molar-refractivity contribution in [3.8, 4) is 11.3 Å². The molecule has 0 fully saturated rings. The van der Waals surface area contributed by atoms with E-state index in [0.717, 1.165) is 55.2 Å². The Morgan fingerprint density at radius 2 is 1.85 bits per heavy atom. The van der Waals surface area contributed by atoms with Crippen molar-refractivity contribution in [1.29, 1.82) is 0 Å². The molecule has 0 radical (unpaired) electrons. The second-order valence-corrected chi connectivity index (χ2v) is 8.86. The van der Waals surface area contributed by atoms with Crippen molar-refractivity contribution >= 4 is 11.9 Å². The topological polar surface area (TPSA) is 79.0 Å². The van der Waals surface area contributed by atoms with Crippen LogP contribution in [0.4, 0.5) is 5.88 Å². The van der Waals surface area contributed by atoms with Crippen molar-refractivity contribution in [1.82, 2.24) is 10.1 Å². The molecule has 0 spiro atoms. The molecule has 0 unspecified atom stereocenters. The summed E-state index contributed by atoms with van der Waals surface area (Å²) in [6.45, 7) is 14.0. The van der Waals surface area contributed by atoms with Crippen LogP contribution in [0.3, 0.4) is 0 Å². The molecule has 7 heteroatoms. The molecule has 0 aliphatic carbocycles. The van der Waals surface area contributed by atoms with Crippen LogP contribution in [0.1, 0.15) is 59.4 Å². The minimum absolute atomic E-state index is 0.00902. The van der Waals surface area contributed by atoms with Crippen LogP contribution >= 0.6 is 0 Å². The number of aromatic nitrogens is 1. The van der Waals surface area contributed by atoms with Crippen LogP contribution in [0.5, 0.6) is 0 Å². The summed E-state index contributed by atoms with van der Waals surface area (Å²) in [6, 6.07) is 10.0. The number of hydrogen-bond acceptors (Lipinski definition) is 7. The van der Waals surface area contributed by atoms with Gasteiger partial charge in [-0.15, -0.1) is 0 Å². The maximum atomic E-state index is 11.7. The lowest BCUT2D eigenvalue weighted by atomic mass is 10.1. The quantitative estimate of drug-likeness (QED) is 0.385. The summed E-state index contributed by atoms with van der Waals surface area (Å²) < 4.78 is 11.1. The lowest BCUT2D eigenvalue weighted by molar-refractivity contribution is -0.147. The minimum atomic E-state index is -0.755. The van der Waals surface area contributed by atoms with Crippen LogP contribution in [0.15, 0.2) is 34.9 Å². The number of aliphatic hydroxyl groups is 1. The maximum absolute atomic E-state index is 11.7. The summed E-state index contributed by atoms with van der Waals surface area (Å²) >= 11 is 0. The van der Waals surface area contributed by atoms with Gasteiger partial charge in [-0.05, 0) is 39.2 Å². The highest BCUT2D eigenvalue weighted by Crippen LogP contribution is 2.32. The van der Waals surface area contributed by atoms with E-state index in [9.17, 15) is 9.90 Å². The molecule has 1 atom stereocenters. The molecular formula is C26H41N3O4. The van der Waals surface area contributed by atoms with E-state index in [4.69, 9.17) is 9.26 Å². The Bertz CT molecular complexity index is 818. The van der Waals surface area contributed by atoms with E-state index in [0.29, 0.717) is 25.4 Å². The van der Waals surface area contributed by atoms with E-state index in [1.165, 1.54) is 0 Å². The third-order valence-corrected chi connectivity index (χ3v) is 5.63. The molecule has 1 heterocycles. The molecular weight excluding hydrogens is 418 g/mol. The first-order valence-corrected chi connectivity index (χ1v) is 12.2. The van der Waals surface area contributed by atoms with Gasteiger partial charge < -0.3 is 19.3 Å². The van der Waals surface area contributed by atoms with Crippen molar-refractivity contribution < 1.29 is 19.2 Å². The zero-order valence-electron chi connectivity index (χ0n) is 20.9. The van der Waals surface area contributed by atoms with Crippen LogP contribution in [0, 0.1) is 5.92 Å². The van der Waals surface area contributed by atoms with Gasteiger partial charge in [-0.1, -0.05) is 56.3 Å². The van der Waals surface area contributed by atoms with Gasteiger partial charge in [0.15, 0.2) is 0 Å². The smallest absolute Gasteiger partial charge is 0.305 e. The van der Waals surface area contributed by atoms with E-state index in [1.807, 2.05) is 37.3 Å². The van der Waals surface area contributed by atoms with E-state index >= 15 is 0 Å². The lowest BCUT2D eigenvalue weighted by Crippen LogP contribution is -2.36. The number of hydrogen-bond donors (Lipinski definition) is 1. The summed E-state index contributed by atoms with van der Waals surface area (Å²) in [6.07, 6.45) is 1.35. The predicted molar refractivity (Wildman–Crippen MR) is 132 cm³/mol. The minimum Gasteiger partial charge on any atom is -0.463 e. The number of esters is 1. The number of carbonyl (C=O) groups excluding carboxylic acids is 1. The number of rotatable bonds is 15. The summed E-state index contributed by atoms with van der Waals surface area (Å²) in [4.78, 5) is 16.1. The van der Waals surface area contributed by atoms with Crippen LogP contribution < -0.4 is 4.90 Å². The van der Waals surface area contributed by atoms with E-state index in [1.54, 1.807) is 0 Å². The van der Waals surface area contributed by atoms with Gasteiger partial charge in [0, 0.05) is 38.2 Å². The molecule has 184 valence electrons. The number of ether oxygens (including phenoxy) is 1. The van der Waals surface area contributed by atoms with Gasteiger partial charge in [-0.3, -0.25) is 9.69 Å². The highest BCUT2D eigenvalue weighted by Gasteiger charge is 2.24. The molecule has 1 aromatic heterocycles. The van der Waals surface area contributed by atoms with Crippen molar-refractivity contribution in [2.75, 3.05) is 37.7 Å². The number of nitrogens with zero attached hydrogens (tertiary/aromatic N) is 3. The monoisotopic (exact) mass is 459 g/mol. The molecule has 2 aromatic rings. The van der Waals surface area contributed by atoms with Gasteiger partial charge in [-0.2, -0.15) is 0 Å². The fourth-order valence-electron chi connectivity index (χ4n) is 3.74. The fraction of sp³-hybridized carbons (Fsp3) is 0.615. The Kier molecular flexibility index (Phi) is 11.4. The molecule has 0 aliphatic heterocycles. The zero-order chi connectivity index (χ0) is 24.2. The first kappa shape index (κ1) is 26.9. The Hall–Kier alpha value is -2.38. The third kappa shape index (κ3) is 8.48. The van der Waals surface area contributed by atoms with Crippen molar-refractivity contribution in [2.24, 2.45) is 5.92 Å². The van der Waals surface area contributed by atoms with Gasteiger partial charge in [0.05, 0.1) is 5.56 Å². The van der Waals surface area contributed by atoms with Crippen molar-refractivity contribution in [3.05, 3.63) is 35.9 Å².